The normalized spacial score (nSPS) is 15.9. The van der Waals surface area contributed by atoms with Gasteiger partial charge in [-0.15, -0.1) is 0 Å². The van der Waals surface area contributed by atoms with Crippen LogP contribution >= 0.6 is 0 Å². The maximum atomic E-state index is 9.14. The van der Waals surface area contributed by atoms with Gasteiger partial charge in [-0.25, -0.2) is 0 Å². The molecule has 0 fully saturated rings. The van der Waals surface area contributed by atoms with E-state index in [-0.39, 0.29) is 12.2 Å². The third-order valence-corrected chi connectivity index (χ3v) is 1.91. The lowest BCUT2D eigenvalue weighted by Crippen LogP contribution is -2.28. The Balaban J connectivity index is 3.68. The Morgan fingerprint density at radius 1 is 1.07 bits per heavy atom. The summed E-state index contributed by atoms with van der Waals surface area (Å²) < 4.78 is 0. The summed E-state index contributed by atoms with van der Waals surface area (Å²) in [6.45, 7) is 5.65. The van der Waals surface area contributed by atoms with E-state index in [0.717, 1.165) is 6.54 Å². The summed E-state index contributed by atoms with van der Waals surface area (Å²) in [7, 11) is 3.89. The molecule has 0 aromatic carbocycles. The quantitative estimate of drug-likeness (QED) is 0.635. The highest BCUT2D eigenvalue weighted by atomic mass is 16.3. The number of rotatable bonds is 7. The number of hydrogen-bond acceptors (Lipinski definition) is 4. The molecule has 15 heavy (non-hydrogen) atoms. The fourth-order valence-electron chi connectivity index (χ4n) is 1.41. The smallest absolute Gasteiger partial charge is 0.0686 e. The Morgan fingerprint density at radius 2 is 1.60 bits per heavy atom. The van der Waals surface area contributed by atoms with E-state index in [9.17, 15) is 0 Å². The molecule has 2 unspecified atom stereocenters. The zero-order chi connectivity index (χ0) is 11.8. The molecule has 2 N–H and O–H groups in total. The van der Waals surface area contributed by atoms with Crippen molar-refractivity contribution >= 4 is 0 Å². The van der Waals surface area contributed by atoms with E-state index < -0.39 is 0 Å². The minimum absolute atomic E-state index is 0.293. The van der Waals surface area contributed by atoms with Gasteiger partial charge in [0, 0.05) is 26.7 Å². The molecule has 4 heteroatoms. The predicted octanol–water partition coefficient (Wildman–Crippen LogP) is 0.125. The van der Waals surface area contributed by atoms with E-state index >= 15 is 0 Å². The molecule has 0 rings (SSSR count). The molecule has 90 valence electrons. The van der Waals surface area contributed by atoms with E-state index in [4.69, 9.17) is 10.2 Å². The molecule has 0 spiro atoms. The highest BCUT2D eigenvalue weighted by Gasteiger charge is 2.00. The third-order valence-electron chi connectivity index (χ3n) is 1.91. The fraction of sp³-hybridized carbons (Fsp3) is 0.818. The van der Waals surface area contributed by atoms with Crippen molar-refractivity contribution in [2.75, 3.05) is 33.7 Å². The summed E-state index contributed by atoms with van der Waals surface area (Å²) >= 11 is 0. The van der Waals surface area contributed by atoms with Crippen LogP contribution < -0.4 is 0 Å². The summed E-state index contributed by atoms with van der Waals surface area (Å²) in [5, 5.41) is 18.3. The predicted molar refractivity (Wildman–Crippen MR) is 62.6 cm³/mol. The van der Waals surface area contributed by atoms with E-state index in [1.807, 2.05) is 36.2 Å². The lowest BCUT2D eigenvalue weighted by molar-refractivity contribution is 0.147. The molecule has 0 amide bonds. The Morgan fingerprint density at radius 3 is 2.07 bits per heavy atom. The van der Waals surface area contributed by atoms with Crippen LogP contribution in [0.15, 0.2) is 12.3 Å². The van der Waals surface area contributed by atoms with Gasteiger partial charge in [0.1, 0.15) is 0 Å². The lowest BCUT2D eigenvalue weighted by Gasteiger charge is -2.18. The van der Waals surface area contributed by atoms with E-state index in [1.54, 1.807) is 13.8 Å². The van der Waals surface area contributed by atoms with Crippen LogP contribution in [-0.2, 0) is 0 Å². The Bertz CT molecular complexity index is 181. The fourth-order valence-corrected chi connectivity index (χ4v) is 1.41. The van der Waals surface area contributed by atoms with Crippen molar-refractivity contribution in [2.24, 2.45) is 0 Å². The van der Waals surface area contributed by atoms with Gasteiger partial charge in [-0.3, -0.25) is 0 Å². The van der Waals surface area contributed by atoms with Crippen LogP contribution in [0.3, 0.4) is 0 Å². The highest BCUT2D eigenvalue weighted by Crippen LogP contribution is 1.92. The van der Waals surface area contributed by atoms with Crippen LogP contribution in [0.1, 0.15) is 13.8 Å². The number of hydrogen-bond donors (Lipinski definition) is 2. The molecule has 0 aliphatic heterocycles. The largest absolute Gasteiger partial charge is 0.392 e. The second kappa shape index (κ2) is 7.68. The average molecular weight is 216 g/mol. The van der Waals surface area contributed by atoms with Gasteiger partial charge in [0.15, 0.2) is 0 Å². The van der Waals surface area contributed by atoms with Crippen LogP contribution in [0, 0.1) is 0 Å². The summed E-state index contributed by atoms with van der Waals surface area (Å²) in [5.41, 5.74) is 0. The van der Waals surface area contributed by atoms with Crippen molar-refractivity contribution in [1.82, 2.24) is 9.80 Å². The van der Waals surface area contributed by atoms with Crippen molar-refractivity contribution in [3.63, 3.8) is 0 Å². The molecule has 0 aliphatic rings. The molecular weight excluding hydrogens is 192 g/mol. The number of nitrogens with zero attached hydrogens (tertiary/aromatic N) is 2. The molecule has 0 bridgehead atoms. The summed E-state index contributed by atoms with van der Waals surface area (Å²) in [6.07, 6.45) is 3.36. The van der Waals surface area contributed by atoms with Crippen LogP contribution in [0.2, 0.25) is 0 Å². The zero-order valence-corrected chi connectivity index (χ0v) is 10.2. The average Bonchev–Trinajstić information content (AvgIpc) is 2.00. The first-order valence-corrected chi connectivity index (χ1v) is 5.33. The van der Waals surface area contributed by atoms with Gasteiger partial charge in [-0.1, -0.05) is 6.08 Å². The van der Waals surface area contributed by atoms with E-state index in [2.05, 4.69) is 0 Å². The third kappa shape index (κ3) is 9.72. The van der Waals surface area contributed by atoms with Crippen molar-refractivity contribution in [1.29, 1.82) is 0 Å². The number of aliphatic hydroxyl groups is 2. The standard InChI is InChI=1S/C11H24N2O2/c1-10(14)8-12(3)6-5-7-13(4)9-11(2)15/h5-6,10-11,14-15H,7-9H2,1-4H3. The van der Waals surface area contributed by atoms with Gasteiger partial charge in [0.05, 0.1) is 12.2 Å². The number of likely N-dealkylation sites (N-methyl/N-ethyl adjacent to an activating group) is 2. The lowest BCUT2D eigenvalue weighted by atomic mass is 10.3. The molecule has 2 atom stereocenters. The molecule has 0 aromatic rings. The second-order valence-corrected chi connectivity index (χ2v) is 4.24. The maximum absolute atomic E-state index is 9.14. The summed E-state index contributed by atoms with van der Waals surface area (Å²) in [5.74, 6) is 0. The Hall–Kier alpha value is -0.580. The second-order valence-electron chi connectivity index (χ2n) is 4.24. The molecule has 0 saturated carbocycles. The van der Waals surface area contributed by atoms with E-state index in [1.165, 1.54) is 0 Å². The first-order valence-electron chi connectivity index (χ1n) is 5.33. The minimum atomic E-state index is -0.310. The van der Waals surface area contributed by atoms with Crippen molar-refractivity contribution < 1.29 is 10.2 Å². The molecule has 0 heterocycles. The van der Waals surface area contributed by atoms with Crippen LogP contribution in [0.4, 0.5) is 0 Å². The first kappa shape index (κ1) is 14.4. The molecule has 0 aliphatic carbocycles. The van der Waals surface area contributed by atoms with Gasteiger partial charge < -0.3 is 20.0 Å². The van der Waals surface area contributed by atoms with Crippen LogP contribution in [0.5, 0.6) is 0 Å². The van der Waals surface area contributed by atoms with Crippen molar-refractivity contribution in [3.05, 3.63) is 12.3 Å². The zero-order valence-electron chi connectivity index (χ0n) is 10.2. The Kier molecular flexibility index (Phi) is 7.38. The summed E-state index contributed by atoms with van der Waals surface area (Å²) in [6, 6.07) is 0. The topological polar surface area (TPSA) is 46.9 Å². The van der Waals surface area contributed by atoms with Gasteiger partial charge >= 0.3 is 0 Å². The SMILES string of the molecule is CC(O)CN(C)C=CCN(C)CC(C)O. The molecular formula is C11H24N2O2. The van der Waals surface area contributed by atoms with Gasteiger partial charge in [-0.05, 0) is 27.1 Å². The van der Waals surface area contributed by atoms with Crippen LogP contribution in [-0.4, -0.2) is 66.0 Å². The first-order chi connectivity index (χ1) is 6.91. The molecule has 0 radical (unpaired) electrons. The van der Waals surface area contributed by atoms with Crippen molar-refractivity contribution in [2.45, 2.75) is 26.1 Å². The van der Waals surface area contributed by atoms with E-state index in [0.29, 0.717) is 13.1 Å². The molecule has 0 aromatic heterocycles. The van der Waals surface area contributed by atoms with Crippen LogP contribution in [0.25, 0.3) is 0 Å². The monoisotopic (exact) mass is 216 g/mol. The molecule has 4 nitrogen and oxygen atoms in total. The van der Waals surface area contributed by atoms with Gasteiger partial charge in [0.2, 0.25) is 0 Å². The number of aliphatic hydroxyl groups excluding tert-OH is 2. The maximum Gasteiger partial charge on any atom is 0.0686 e. The van der Waals surface area contributed by atoms with Crippen molar-refractivity contribution in [3.8, 4) is 0 Å². The summed E-state index contributed by atoms with van der Waals surface area (Å²) in [4.78, 5) is 3.98. The highest BCUT2D eigenvalue weighted by molar-refractivity contribution is 4.84. The van der Waals surface area contributed by atoms with Gasteiger partial charge in [0.25, 0.3) is 0 Å². The minimum Gasteiger partial charge on any atom is -0.392 e. The van der Waals surface area contributed by atoms with Gasteiger partial charge in [-0.2, -0.15) is 0 Å². The Labute approximate surface area is 92.8 Å². The molecule has 0 saturated heterocycles.